The molecule has 0 radical (unpaired) electrons. The molecule has 26 heavy (non-hydrogen) atoms. The number of nitrogens with one attached hydrogen (secondary N) is 1. The average Bonchev–Trinajstić information content (AvgIpc) is 2.60. The first-order valence-corrected chi connectivity index (χ1v) is 9.06. The normalized spacial score (nSPS) is 11.0. The van der Waals surface area contributed by atoms with Crippen LogP contribution >= 0.6 is 11.6 Å². The average molecular weight is 381 g/mol. The second-order valence-corrected chi connectivity index (χ2v) is 6.59. The van der Waals surface area contributed by atoms with Gasteiger partial charge in [0.1, 0.15) is 12.4 Å². The van der Waals surface area contributed by atoms with Crippen LogP contribution in [0.25, 0.3) is 0 Å². The van der Waals surface area contributed by atoms with Gasteiger partial charge < -0.3 is 19.7 Å². The van der Waals surface area contributed by atoms with Gasteiger partial charge in [-0.3, -0.25) is 0 Å². The molecule has 2 aromatic rings. The summed E-state index contributed by atoms with van der Waals surface area (Å²) < 4.78 is 25.3. The van der Waals surface area contributed by atoms with Crippen molar-refractivity contribution < 1.29 is 13.9 Å². The van der Waals surface area contributed by atoms with Crippen LogP contribution in [0.4, 0.5) is 4.39 Å². The van der Waals surface area contributed by atoms with Gasteiger partial charge in [0, 0.05) is 25.2 Å². The van der Waals surface area contributed by atoms with Crippen molar-refractivity contribution in [3.8, 4) is 11.5 Å². The van der Waals surface area contributed by atoms with Gasteiger partial charge >= 0.3 is 0 Å². The van der Waals surface area contributed by atoms with E-state index < -0.39 is 0 Å². The third kappa shape index (κ3) is 6.16. The fraction of sp³-hybridized carbons (Fsp3) is 0.400. The number of rotatable bonds is 10. The lowest BCUT2D eigenvalue weighted by molar-refractivity contribution is 0.265. The molecule has 2 aromatic carbocycles. The van der Waals surface area contributed by atoms with Crippen molar-refractivity contribution in [2.24, 2.45) is 0 Å². The Balaban J connectivity index is 2.03. The third-order valence-electron chi connectivity index (χ3n) is 3.81. The number of likely N-dealkylation sites (N-methyl/N-ethyl adjacent to an activating group) is 1. The molecule has 0 atom stereocenters. The largest absolute Gasteiger partial charge is 0.490 e. The molecule has 142 valence electrons. The highest BCUT2D eigenvalue weighted by atomic mass is 35.5. The molecule has 0 aliphatic rings. The van der Waals surface area contributed by atoms with Crippen LogP contribution in [0.2, 0.25) is 5.02 Å². The zero-order valence-electron chi connectivity index (χ0n) is 15.5. The Morgan fingerprint density at radius 3 is 2.62 bits per heavy atom. The Morgan fingerprint density at radius 1 is 1.12 bits per heavy atom. The van der Waals surface area contributed by atoms with Gasteiger partial charge in [-0.25, -0.2) is 4.39 Å². The van der Waals surface area contributed by atoms with Gasteiger partial charge in [0.2, 0.25) is 0 Å². The molecular formula is C20H26ClFN2O2. The lowest BCUT2D eigenvalue weighted by Gasteiger charge is -2.15. The Hall–Kier alpha value is -1.82. The Bertz CT molecular complexity index is 690. The molecule has 0 spiro atoms. The lowest BCUT2D eigenvalue weighted by atomic mass is 10.2. The summed E-state index contributed by atoms with van der Waals surface area (Å²) in [7, 11) is 4.09. The van der Waals surface area contributed by atoms with E-state index in [2.05, 4.69) is 10.2 Å². The Labute approximate surface area is 159 Å². The van der Waals surface area contributed by atoms with E-state index in [9.17, 15) is 4.39 Å². The van der Waals surface area contributed by atoms with Crippen molar-refractivity contribution in [1.82, 2.24) is 10.2 Å². The van der Waals surface area contributed by atoms with Crippen LogP contribution in [0.3, 0.4) is 0 Å². The van der Waals surface area contributed by atoms with Gasteiger partial charge in [0.15, 0.2) is 11.5 Å². The van der Waals surface area contributed by atoms with Crippen LogP contribution in [0.1, 0.15) is 18.1 Å². The van der Waals surface area contributed by atoms with Crippen LogP contribution in [0, 0.1) is 5.82 Å². The predicted octanol–water partition coefficient (Wildman–Crippen LogP) is 4.11. The van der Waals surface area contributed by atoms with E-state index in [4.69, 9.17) is 21.1 Å². The maximum absolute atomic E-state index is 13.9. The highest BCUT2D eigenvalue weighted by Crippen LogP contribution is 2.30. The second-order valence-electron chi connectivity index (χ2n) is 6.18. The third-order valence-corrected chi connectivity index (χ3v) is 4.16. The lowest BCUT2D eigenvalue weighted by Crippen LogP contribution is -2.26. The first kappa shape index (κ1) is 20.5. The zero-order chi connectivity index (χ0) is 18.9. The second kappa shape index (κ2) is 10.4. The van der Waals surface area contributed by atoms with Crippen molar-refractivity contribution in [3.05, 3.63) is 58.4 Å². The maximum atomic E-state index is 13.9. The number of ether oxygens (including phenoxy) is 2. The van der Waals surface area contributed by atoms with Gasteiger partial charge in [0.05, 0.1) is 11.6 Å². The van der Waals surface area contributed by atoms with Crippen molar-refractivity contribution in [2.45, 2.75) is 20.1 Å². The molecule has 0 heterocycles. The SMILES string of the molecule is CCOc1cc(CNCCN(C)C)ccc1OCc1c(F)cccc1Cl. The van der Waals surface area contributed by atoms with E-state index in [0.717, 1.165) is 25.2 Å². The predicted molar refractivity (Wildman–Crippen MR) is 104 cm³/mol. The summed E-state index contributed by atoms with van der Waals surface area (Å²) in [5.41, 5.74) is 1.44. The van der Waals surface area contributed by atoms with Gasteiger partial charge in [-0.1, -0.05) is 23.7 Å². The molecule has 0 saturated carbocycles. The van der Waals surface area contributed by atoms with Crippen LogP contribution in [0.5, 0.6) is 11.5 Å². The first-order valence-electron chi connectivity index (χ1n) is 8.68. The molecule has 0 amide bonds. The Kier molecular flexibility index (Phi) is 8.16. The molecular weight excluding hydrogens is 355 g/mol. The molecule has 0 saturated heterocycles. The standard InChI is InChI=1S/C20H26ClFN2O2/c1-4-25-20-12-15(13-23-10-11-24(2)3)8-9-19(20)26-14-16-17(21)6-5-7-18(16)22/h5-9,12,23H,4,10-11,13-14H2,1-3H3. The molecule has 6 heteroatoms. The van der Waals surface area contributed by atoms with Crippen molar-refractivity contribution in [3.63, 3.8) is 0 Å². The van der Waals surface area contributed by atoms with Crippen LogP contribution in [0.15, 0.2) is 36.4 Å². The van der Waals surface area contributed by atoms with Crippen LogP contribution in [-0.2, 0) is 13.2 Å². The molecule has 4 nitrogen and oxygen atoms in total. The summed E-state index contributed by atoms with van der Waals surface area (Å²) in [5.74, 6) is 0.840. The molecule has 0 unspecified atom stereocenters. The molecule has 2 rings (SSSR count). The molecule has 0 aliphatic carbocycles. The van der Waals surface area contributed by atoms with E-state index >= 15 is 0 Å². The summed E-state index contributed by atoms with van der Waals surface area (Å²) in [6.07, 6.45) is 0. The minimum atomic E-state index is -0.378. The summed E-state index contributed by atoms with van der Waals surface area (Å²) in [6, 6.07) is 10.4. The smallest absolute Gasteiger partial charge is 0.161 e. The fourth-order valence-corrected chi connectivity index (χ4v) is 2.62. The number of hydrogen-bond donors (Lipinski definition) is 1. The fourth-order valence-electron chi connectivity index (χ4n) is 2.41. The van der Waals surface area contributed by atoms with Gasteiger partial charge in [-0.05, 0) is 50.8 Å². The van der Waals surface area contributed by atoms with E-state index in [1.165, 1.54) is 6.07 Å². The molecule has 0 fully saturated rings. The Morgan fingerprint density at radius 2 is 1.92 bits per heavy atom. The topological polar surface area (TPSA) is 33.7 Å². The first-order chi connectivity index (χ1) is 12.5. The molecule has 0 aliphatic heterocycles. The summed E-state index contributed by atoms with van der Waals surface area (Å²) >= 11 is 6.05. The molecule has 1 N–H and O–H groups in total. The summed E-state index contributed by atoms with van der Waals surface area (Å²) in [6.45, 7) is 5.11. The zero-order valence-corrected chi connectivity index (χ0v) is 16.3. The van der Waals surface area contributed by atoms with Gasteiger partial charge in [0.25, 0.3) is 0 Å². The highest BCUT2D eigenvalue weighted by Gasteiger charge is 2.11. The number of hydrogen-bond acceptors (Lipinski definition) is 4. The summed E-state index contributed by atoms with van der Waals surface area (Å²) in [4.78, 5) is 2.13. The molecule has 0 bridgehead atoms. The monoisotopic (exact) mass is 380 g/mol. The maximum Gasteiger partial charge on any atom is 0.161 e. The summed E-state index contributed by atoms with van der Waals surface area (Å²) in [5, 5.41) is 3.74. The molecule has 0 aromatic heterocycles. The van der Waals surface area contributed by atoms with E-state index in [1.807, 2.05) is 39.2 Å². The van der Waals surface area contributed by atoms with Crippen LogP contribution < -0.4 is 14.8 Å². The van der Waals surface area contributed by atoms with Crippen molar-refractivity contribution in [2.75, 3.05) is 33.8 Å². The van der Waals surface area contributed by atoms with Crippen molar-refractivity contribution in [1.29, 1.82) is 0 Å². The van der Waals surface area contributed by atoms with Gasteiger partial charge in [-0.15, -0.1) is 0 Å². The van der Waals surface area contributed by atoms with E-state index in [1.54, 1.807) is 12.1 Å². The highest BCUT2D eigenvalue weighted by molar-refractivity contribution is 6.31. The number of halogens is 2. The number of benzene rings is 2. The quantitative estimate of drug-likeness (QED) is 0.629. The minimum Gasteiger partial charge on any atom is -0.490 e. The van der Waals surface area contributed by atoms with Crippen molar-refractivity contribution >= 4 is 11.6 Å². The van der Waals surface area contributed by atoms with Crippen LogP contribution in [-0.4, -0.2) is 38.7 Å². The van der Waals surface area contributed by atoms with Gasteiger partial charge in [-0.2, -0.15) is 0 Å². The van der Waals surface area contributed by atoms with E-state index in [-0.39, 0.29) is 12.4 Å². The minimum absolute atomic E-state index is 0.0476. The van der Waals surface area contributed by atoms with E-state index in [0.29, 0.717) is 28.7 Å². The number of nitrogens with zero attached hydrogens (tertiary/aromatic N) is 1.